The summed E-state index contributed by atoms with van der Waals surface area (Å²) in [4.78, 5) is 26.6. The Hall–Kier alpha value is -3.54. The van der Waals surface area contributed by atoms with E-state index in [2.05, 4.69) is 0 Å². The van der Waals surface area contributed by atoms with E-state index in [9.17, 15) is 18.4 Å². The van der Waals surface area contributed by atoms with Crippen molar-refractivity contribution in [2.45, 2.75) is 24.7 Å². The summed E-state index contributed by atoms with van der Waals surface area (Å²) >= 11 is 0. The minimum atomic E-state index is -0.660. The molecule has 1 saturated heterocycles. The fourth-order valence-corrected chi connectivity index (χ4v) is 4.39. The zero-order valence-corrected chi connectivity index (χ0v) is 16.9. The van der Waals surface area contributed by atoms with Crippen LogP contribution in [0.15, 0.2) is 72.8 Å². The molecule has 1 aliphatic heterocycles. The van der Waals surface area contributed by atoms with Gasteiger partial charge in [0.2, 0.25) is 11.8 Å². The minimum Gasteiger partial charge on any atom is -0.370 e. The third-order valence-electron chi connectivity index (χ3n) is 5.90. The molecule has 4 rings (SSSR count). The molecular weight excluding hydrogens is 398 g/mol. The Morgan fingerprint density at radius 3 is 2.45 bits per heavy atom. The second-order valence-corrected chi connectivity index (χ2v) is 7.94. The predicted octanol–water partition coefficient (Wildman–Crippen LogP) is 4.57. The molecule has 1 heterocycles. The summed E-state index contributed by atoms with van der Waals surface area (Å²) in [7, 11) is 0. The summed E-state index contributed by atoms with van der Waals surface area (Å²) in [5.74, 6) is -1.88. The average molecular weight is 420 g/mol. The van der Waals surface area contributed by atoms with E-state index in [4.69, 9.17) is 5.73 Å². The first-order valence-electron chi connectivity index (χ1n) is 10.1. The number of amides is 2. The summed E-state index contributed by atoms with van der Waals surface area (Å²) < 4.78 is 27.5. The maximum atomic E-state index is 14.2. The first kappa shape index (κ1) is 20.7. The number of halogens is 2. The Labute approximate surface area is 179 Å². The number of benzene rings is 3. The molecule has 2 N–H and O–H groups in total. The number of piperidine rings is 1. The van der Waals surface area contributed by atoms with Crippen molar-refractivity contribution in [2.24, 2.45) is 5.73 Å². The largest absolute Gasteiger partial charge is 0.370 e. The number of hydrogen-bond donors (Lipinski definition) is 1. The first-order valence-corrected chi connectivity index (χ1v) is 10.1. The van der Waals surface area contributed by atoms with Crippen molar-refractivity contribution in [1.29, 1.82) is 0 Å². The lowest BCUT2D eigenvalue weighted by atomic mass is 9.70. The fourth-order valence-electron chi connectivity index (χ4n) is 4.39. The van der Waals surface area contributed by atoms with E-state index in [0.717, 1.165) is 11.6 Å². The molecule has 6 heteroatoms. The Kier molecular flexibility index (Phi) is 5.55. The molecule has 4 nitrogen and oxygen atoms in total. The highest BCUT2D eigenvalue weighted by Gasteiger charge is 2.41. The van der Waals surface area contributed by atoms with Gasteiger partial charge in [0.05, 0.1) is 0 Å². The lowest BCUT2D eigenvalue weighted by molar-refractivity contribution is -0.123. The van der Waals surface area contributed by atoms with Crippen LogP contribution < -0.4 is 10.6 Å². The summed E-state index contributed by atoms with van der Waals surface area (Å²) in [6.07, 6.45) is 0.813. The maximum absolute atomic E-state index is 14.2. The van der Waals surface area contributed by atoms with Crippen LogP contribution in [0.25, 0.3) is 11.1 Å². The highest BCUT2D eigenvalue weighted by molar-refractivity contribution is 5.96. The number of primary amides is 1. The lowest BCUT2D eigenvalue weighted by Crippen LogP contribution is -2.48. The van der Waals surface area contributed by atoms with E-state index in [1.165, 1.54) is 12.1 Å². The molecule has 158 valence electrons. The van der Waals surface area contributed by atoms with Gasteiger partial charge in [-0.25, -0.2) is 8.78 Å². The maximum Gasteiger partial charge on any atom is 0.227 e. The van der Waals surface area contributed by atoms with Crippen LogP contribution in [0, 0.1) is 11.6 Å². The first-order chi connectivity index (χ1) is 14.9. The van der Waals surface area contributed by atoms with Crippen molar-refractivity contribution >= 4 is 17.5 Å². The van der Waals surface area contributed by atoms with Crippen LogP contribution in [-0.4, -0.2) is 18.4 Å². The minimum absolute atomic E-state index is 0.0947. The smallest absolute Gasteiger partial charge is 0.227 e. The lowest BCUT2D eigenvalue weighted by Gasteiger charge is -2.41. The van der Waals surface area contributed by atoms with Crippen molar-refractivity contribution in [1.82, 2.24) is 0 Å². The van der Waals surface area contributed by atoms with Gasteiger partial charge >= 0.3 is 0 Å². The molecule has 1 unspecified atom stereocenters. The summed E-state index contributed by atoms with van der Waals surface area (Å²) in [6, 6.07) is 19.9. The normalized spacial score (nSPS) is 18.8. The van der Waals surface area contributed by atoms with Crippen molar-refractivity contribution in [3.05, 3.63) is 90.0 Å². The van der Waals surface area contributed by atoms with Crippen LogP contribution in [0.2, 0.25) is 0 Å². The van der Waals surface area contributed by atoms with Gasteiger partial charge in [0.15, 0.2) is 0 Å². The molecule has 0 spiro atoms. The number of anilines is 1. The quantitative estimate of drug-likeness (QED) is 0.657. The third kappa shape index (κ3) is 4.19. The van der Waals surface area contributed by atoms with E-state index in [0.29, 0.717) is 24.2 Å². The van der Waals surface area contributed by atoms with Gasteiger partial charge < -0.3 is 10.6 Å². The van der Waals surface area contributed by atoms with Gasteiger partial charge in [-0.2, -0.15) is 0 Å². The van der Waals surface area contributed by atoms with Crippen molar-refractivity contribution in [3.8, 4) is 11.1 Å². The van der Waals surface area contributed by atoms with Gasteiger partial charge in [-0.15, -0.1) is 0 Å². The highest BCUT2D eigenvalue weighted by Crippen LogP contribution is 2.40. The number of carbonyl (C=O) groups is 2. The predicted molar refractivity (Wildman–Crippen MR) is 115 cm³/mol. The molecule has 1 atom stereocenters. The Morgan fingerprint density at radius 1 is 1.00 bits per heavy atom. The Bertz CT molecular complexity index is 1130. The van der Waals surface area contributed by atoms with E-state index >= 15 is 0 Å². The van der Waals surface area contributed by atoms with Gasteiger partial charge in [-0.3, -0.25) is 9.59 Å². The second-order valence-electron chi connectivity index (χ2n) is 7.94. The average Bonchev–Trinajstić information content (AvgIpc) is 2.74. The molecule has 2 amide bonds. The highest BCUT2D eigenvalue weighted by atomic mass is 19.1. The van der Waals surface area contributed by atoms with Gasteiger partial charge in [-0.05, 0) is 41.8 Å². The van der Waals surface area contributed by atoms with E-state index in [-0.39, 0.29) is 24.3 Å². The van der Waals surface area contributed by atoms with Crippen LogP contribution in [0.4, 0.5) is 14.5 Å². The van der Waals surface area contributed by atoms with Crippen LogP contribution in [0.5, 0.6) is 0 Å². The molecule has 0 bridgehead atoms. The summed E-state index contributed by atoms with van der Waals surface area (Å²) in [5.41, 5.74) is 7.25. The number of nitrogens with two attached hydrogens (primary N) is 1. The Morgan fingerprint density at radius 2 is 1.77 bits per heavy atom. The molecule has 1 fully saturated rings. The topological polar surface area (TPSA) is 63.4 Å². The molecule has 0 saturated carbocycles. The fraction of sp³-hybridized carbons (Fsp3) is 0.200. The molecule has 31 heavy (non-hydrogen) atoms. The third-order valence-corrected chi connectivity index (χ3v) is 5.90. The van der Waals surface area contributed by atoms with Crippen molar-refractivity contribution in [2.75, 3.05) is 11.4 Å². The molecule has 0 radical (unpaired) electrons. The SMILES string of the molecule is NC(=O)CC1(c2ccccc2)CCN(c2cccc(-c3ccc(F)cc3F)c2)C(=O)C1. The van der Waals surface area contributed by atoms with Crippen LogP contribution >= 0.6 is 0 Å². The van der Waals surface area contributed by atoms with Crippen LogP contribution in [0.3, 0.4) is 0 Å². The van der Waals surface area contributed by atoms with Gasteiger partial charge in [0, 0.05) is 42.1 Å². The van der Waals surface area contributed by atoms with Crippen molar-refractivity contribution < 1.29 is 18.4 Å². The standard InChI is InChI=1S/C25H22F2N2O2/c26-19-9-10-21(22(27)14-19)17-5-4-8-20(13-17)29-12-11-25(15-23(28)30,16-24(29)31)18-6-2-1-3-7-18/h1-10,13-14H,11-12,15-16H2,(H2,28,30). The van der Waals surface area contributed by atoms with E-state index in [1.807, 2.05) is 30.3 Å². The molecule has 3 aromatic rings. The summed E-state index contributed by atoms with van der Waals surface area (Å²) in [6.45, 7) is 0.399. The van der Waals surface area contributed by atoms with Crippen LogP contribution in [-0.2, 0) is 15.0 Å². The zero-order chi connectivity index (χ0) is 22.0. The summed E-state index contributed by atoms with van der Waals surface area (Å²) in [5, 5.41) is 0. The van der Waals surface area contributed by atoms with E-state index < -0.39 is 23.0 Å². The van der Waals surface area contributed by atoms with Gasteiger partial charge in [0.25, 0.3) is 0 Å². The number of nitrogens with zero attached hydrogens (tertiary/aromatic N) is 1. The van der Waals surface area contributed by atoms with Gasteiger partial charge in [-0.1, -0.05) is 42.5 Å². The number of hydrogen-bond acceptors (Lipinski definition) is 2. The monoisotopic (exact) mass is 420 g/mol. The molecule has 0 aromatic heterocycles. The molecular formula is C25H22F2N2O2. The van der Waals surface area contributed by atoms with Crippen molar-refractivity contribution in [3.63, 3.8) is 0 Å². The second kappa shape index (κ2) is 8.30. The molecule has 1 aliphatic rings. The van der Waals surface area contributed by atoms with Gasteiger partial charge in [0.1, 0.15) is 11.6 Å². The van der Waals surface area contributed by atoms with E-state index in [1.54, 1.807) is 29.2 Å². The molecule has 3 aromatic carbocycles. The van der Waals surface area contributed by atoms with Crippen LogP contribution in [0.1, 0.15) is 24.8 Å². The zero-order valence-electron chi connectivity index (χ0n) is 16.9. The number of rotatable bonds is 5. The molecule has 0 aliphatic carbocycles. The number of carbonyl (C=O) groups excluding carboxylic acids is 2. The Balaban J connectivity index is 1.63.